The molecule has 0 heterocycles. The molecule has 0 aliphatic carbocycles. The van der Waals surface area contributed by atoms with E-state index in [2.05, 4.69) is 96.1 Å². The van der Waals surface area contributed by atoms with Crippen molar-refractivity contribution in [3.8, 4) is 22.3 Å². The van der Waals surface area contributed by atoms with Gasteiger partial charge in [0.15, 0.2) is 0 Å². The summed E-state index contributed by atoms with van der Waals surface area (Å²) in [7, 11) is 0. The fourth-order valence-electron chi connectivity index (χ4n) is 5.47. The van der Waals surface area contributed by atoms with Crippen molar-refractivity contribution in [2.24, 2.45) is 0 Å². The van der Waals surface area contributed by atoms with Crippen molar-refractivity contribution in [3.05, 3.63) is 78.4 Å². The number of benzene rings is 3. The summed E-state index contributed by atoms with van der Waals surface area (Å²) in [5, 5.41) is 0. The molecule has 0 spiro atoms. The Hall–Kier alpha value is -2.34. The molecule has 0 heteroatoms. The van der Waals surface area contributed by atoms with Gasteiger partial charge >= 0.3 is 0 Å². The molecule has 31 heavy (non-hydrogen) atoms. The molecule has 3 rings (SSSR count). The first-order valence-electron chi connectivity index (χ1n) is 11.6. The van der Waals surface area contributed by atoms with Crippen LogP contribution in [-0.2, 0) is 0 Å². The Morgan fingerprint density at radius 2 is 0.613 bits per heavy atom. The van der Waals surface area contributed by atoms with Gasteiger partial charge in [-0.25, -0.2) is 0 Å². The van der Waals surface area contributed by atoms with E-state index in [-0.39, 0.29) is 0 Å². The van der Waals surface area contributed by atoms with Crippen molar-refractivity contribution >= 4 is 0 Å². The monoisotopic (exact) mass is 412 g/mol. The molecular formula is C31H40. The number of aryl methyl sites for hydroxylation is 1. The van der Waals surface area contributed by atoms with Crippen molar-refractivity contribution in [2.75, 3.05) is 0 Å². The predicted octanol–water partition coefficient (Wildman–Crippen LogP) is 9.03. The van der Waals surface area contributed by atoms with Crippen LogP contribution in [0.4, 0.5) is 0 Å². The molecule has 0 saturated carbocycles. The second-order valence-electron chi connectivity index (χ2n) is 9.87. The lowest BCUT2D eigenvalue weighted by Crippen LogP contribution is -2.06. The lowest BCUT2D eigenvalue weighted by atomic mass is 9.77. The zero-order chi connectivity index (χ0) is 23.5. The Morgan fingerprint density at radius 1 is 0.290 bits per heavy atom. The molecule has 0 amide bonds. The van der Waals surface area contributed by atoms with Crippen LogP contribution in [0.5, 0.6) is 0 Å². The minimum absolute atomic E-state index is 1.38. The fraction of sp³-hybridized carbons (Fsp3) is 0.419. The zero-order valence-corrected chi connectivity index (χ0v) is 22.1. The molecule has 0 nitrogen and oxygen atoms in total. The van der Waals surface area contributed by atoms with Crippen LogP contribution < -0.4 is 0 Å². The number of rotatable bonds is 2. The summed E-state index contributed by atoms with van der Waals surface area (Å²) in [5.74, 6) is 0. The van der Waals surface area contributed by atoms with Gasteiger partial charge in [0.2, 0.25) is 0 Å². The second kappa shape index (κ2) is 7.97. The van der Waals surface area contributed by atoms with Crippen molar-refractivity contribution < 1.29 is 0 Å². The third-order valence-electron chi connectivity index (χ3n) is 8.63. The van der Waals surface area contributed by atoms with Crippen LogP contribution in [0.1, 0.15) is 72.3 Å². The molecule has 164 valence electrons. The van der Waals surface area contributed by atoms with Gasteiger partial charge in [-0.3, -0.25) is 0 Å². The number of hydrogen-bond donors (Lipinski definition) is 0. The van der Waals surface area contributed by atoms with E-state index in [9.17, 15) is 0 Å². The van der Waals surface area contributed by atoms with Crippen LogP contribution in [0.15, 0.2) is 6.07 Å². The van der Waals surface area contributed by atoms with Gasteiger partial charge in [0.25, 0.3) is 0 Å². The first-order chi connectivity index (χ1) is 14.3. The van der Waals surface area contributed by atoms with Crippen molar-refractivity contribution in [1.82, 2.24) is 0 Å². The summed E-state index contributed by atoms with van der Waals surface area (Å²) < 4.78 is 0. The highest BCUT2D eigenvalue weighted by Crippen LogP contribution is 2.44. The third-order valence-corrected chi connectivity index (χ3v) is 8.63. The minimum Gasteiger partial charge on any atom is -0.0509 e. The maximum Gasteiger partial charge on any atom is -0.0111 e. The molecule has 0 saturated heterocycles. The summed E-state index contributed by atoms with van der Waals surface area (Å²) in [5.41, 5.74) is 24.1. The van der Waals surface area contributed by atoms with Crippen LogP contribution in [-0.4, -0.2) is 0 Å². The highest BCUT2D eigenvalue weighted by Gasteiger charge is 2.23. The lowest BCUT2D eigenvalue weighted by molar-refractivity contribution is 1.16. The van der Waals surface area contributed by atoms with E-state index in [1.807, 2.05) is 0 Å². The van der Waals surface area contributed by atoms with Gasteiger partial charge in [-0.1, -0.05) is 6.07 Å². The maximum atomic E-state index is 2.41. The average Bonchev–Trinajstić information content (AvgIpc) is 2.73. The van der Waals surface area contributed by atoms with Crippen molar-refractivity contribution in [3.63, 3.8) is 0 Å². The summed E-state index contributed by atoms with van der Waals surface area (Å²) >= 11 is 0. The molecular weight excluding hydrogens is 372 g/mol. The van der Waals surface area contributed by atoms with E-state index < -0.39 is 0 Å². The molecule has 0 radical (unpaired) electrons. The van der Waals surface area contributed by atoms with Crippen LogP contribution in [0.2, 0.25) is 0 Å². The van der Waals surface area contributed by atoms with Crippen molar-refractivity contribution in [1.29, 1.82) is 0 Å². The van der Waals surface area contributed by atoms with Gasteiger partial charge in [-0.2, -0.15) is 0 Å². The average molecular weight is 413 g/mol. The molecule has 3 aromatic rings. The van der Waals surface area contributed by atoms with E-state index in [1.54, 1.807) is 0 Å². The van der Waals surface area contributed by atoms with Gasteiger partial charge in [-0.05, 0) is 185 Å². The van der Waals surface area contributed by atoms with Gasteiger partial charge in [0.1, 0.15) is 0 Å². The normalized spacial score (nSPS) is 11.4. The second-order valence-corrected chi connectivity index (χ2v) is 9.87. The summed E-state index contributed by atoms with van der Waals surface area (Å²) in [6.45, 7) is 29.8. The molecule has 0 atom stereocenters. The molecule has 3 aromatic carbocycles. The van der Waals surface area contributed by atoms with E-state index >= 15 is 0 Å². The molecule has 0 N–H and O–H groups in total. The van der Waals surface area contributed by atoms with Crippen molar-refractivity contribution in [2.45, 2.75) is 90.0 Å². The predicted molar refractivity (Wildman–Crippen MR) is 139 cm³/mol. The van der Waals surface area contributed by atoms with Crippen LogP contribution in [0.25, 0.3) is 22.3 Å². The highest BCUT2D eigenvalue weighted by atomic mass is 14.3. The quantitative estimate of drug-likeness (QED) is 0.394. The summed E-state index contributed by atoms with van der Waals surface area (Å²) in [6.07, 6.45) is 0. The summed E-state index contributed by atoms with van der Waals surface area (Å²) in [4.78, 5) is 0. The number of hydrogen-bond acceptors (Lipinski definition) is 0. The smallest absolute Gasteiger partial charge is 0.0111 e. The summed E-state index contributed by atoms with van der Waals surface area (Å²) in [6, 6.07) is 2.41. The van der Waals surface area contributed by atoms with Crippen LogP contribution in [0, 0.1) is 90.0 Å². The molecule has 0 unspecified atom stereocenters. The lowest BCUT2D eigenvalue weighted by Gasteiger charge is -2.27. The Bertz CT molecular complexity index is 1200. The minimum atomic E-state index is 1.38. The SMILES string of the molecule is Cc1cc(-c2c(C)c(C)c(C)c(-c3c(C)c(C)c(C)c(C)c3C)c2C)c(C)c(C)c1C. The van der Waals surface area contributed by atoms with Crippen LogP contribution >= 0.6 is 0 Å². The van der Waals surface area contributed by atoms with Gasteiger partial charge in [-0.15, -0.1) is 0 Å². The topological polar surface area (TPSA) is 0 Å². The Balaban J connectivity index is 2.54. The fourth-order valence-corrected chi connectivity index (χ4v) is 5.47. The van der Waals surface area contributed by atoms with E-state index in [0.29, 0.717) is 0 Å². The largest absolute Gasteiger partial charge is 0.0509 e. The maximum absolute atomic E-state index is 2.41. The zero-order valence-electron chi connectivity index (χ0n) is 22.1. The van der Waals surface area contributed by atoms with Crippen LogP contribution in [0.3, 0.4) is 0 Å². The van der Waals surface area contributed by atoms with E-state index in [4.69, 9.17) is 0 Å². The molecule has 0 bridgehead atoms. The van der Waals surface area contributed by atoms with E-state index in [1.165, 1.54) is 94.6 Å². The standard InChI is InChI=1S/C31H40/c1-15-14-28(22(8)17(3)16(15)2)29-23(9)21(7)26(12)31(27(29)13)30-24(10)19(5)18(4)20(6)25(30)11/h14H,1-13H3. The van der Waals surface area contributed by atoms with Gasteiger partial charge in [0, 0.05) is 0 Å². The molecule has 0 aliphatic heterocycles. The first-order valence-corrected chi connectivity index (χ1v) is 11.6. The van der Waals surface area contributed by atoms with Gasteiger partial charge < -0.3 is 0 Å². The highest BCUT2D eigenvalue weighted by molar-refractivity contribution is 5.88. The Morgan fingerprint density at radius 3 is 1.10 bits per heavy atom. The Kier molecular flexibility index (Phi) is 6.00. The van der Waals surface area contributed by atoms with Gasteiger partial charge in [0.05, 0.1) is 0 Å². The molecule has 0 fully saturated rings. The third kappa shape index (κ3) is 3.36. The first kappa shape index (κ1) is 23.3. The molecule has 0 aliphatic rings. The molecule has 0 aromatic heterocycles. The van der Waals surface area contributed by atoms with E-state index in [0.717, 1.165) is 0 Å². The Labute approximate surface area is 190 Å².